The van der Waals surface area contributed by atoms with E-state index in [0.29, 0.717) is 17.2 Å². The third kappa shape index (κ3) is 6.22. The number of halogens is 1. The quantitative estimate of drug-likeness (QED) is 0.569. The van der Waals surface area contributed by atoms with Gasteiger partial charge in [0, 0.05) is 23.9 Å². The van der Waals surface area contributed by atoms with Crippen LogP contribution in [-0.2, 0) is 21.2 Å². The average molecular weight is 446 g/mol. The highest BCUT2D eigenvalue weighted by Gasteiger charge is 2.25. The SMILES string of the molecule is CC(C)(C)NS(=O)(=O)c1ccccc1NC(=O)CCc1ncc(-c2ccc(F)cc2)o1. The minimum atomic E-state index is -3.81. The first-order chi connectivity index (χ1) is 14.5. The van der Waals surface area contributed by atoms with Crippen LogP contribution in [0.2, 0.25) is 0 Å². The molecule has 0 unspecified atom stereocenters. The molecule has 0 atom stereocenters. The first-order valence-corrected chi connectivity index (χ1v) is 11.2. The molecule has 3 rings (SSSR count). The fraction of sp³-hybridized carbons (Fsp3) is 0.273. The van der Waals surface area contributed by atoms with Crippen molar-refractivity contribution < 1.29 is 22.0 Å². The Morgan fingerprint density at radius 3 is 2.45 bits per heavy atom. The van der Waals surface area contributed by atoms with Crippen LogP contribution in [0.3, 0.4) is 0 Å². The molecule has 0 fully saturated rings. The molecule has 0 spiro atoms. The van der Waals surface area contributed by atoms with Gasteiger partial charge in [-0.05, 0) is 57.2 Å². The molecule has 2 aromatic carbocycles. The molecular formula is C22H24FN3O4S. The number of rotatable bonds is 7. The van der Waals surface area contributed by atoms with Crippen molar-refractivity contribution in [3.63, 3.8) is 0 Å². The molecule has 0 saturated heterocycles. The summed E-state index contributed by atoms with van der Waals surface area (Å²) < 4.78 is 46.6. The molecule has 0 aliphatic rings. The number of aromatic nitrogens is 1. The molecule has 1 amide bonds. The first-order valence-electron chi connectivity index (χ1n) is 9.67. The lowest BCUT2D eigenvalue weighted by Gasteiger charge is -2.21. The summed E-state index contributed by atoms with van der Waals surface area (Å²) in [6, 6.07) is 12.0. The van der Waals surface area contributed by atoms with E-state index in [2.05, 4.69) is 15.0 Å². The number of anilines is 1. The Hall–Kier alpha value is -3.04. The molecule has 0 aliphatic carbocycles. The molecule has 0 aliphatic heterocycles. The Morgan fingerprint density at radius 2 is 1.77 bits per heavy atom. The van der Waals surface area contributed by atoms with Crippen LogP contribution in [-0.4, -0.2) is 24.8 Å². The Bertz CT molecular complexity index is 1170. The third-order valence-corrected chi connectivity index (χ3v) is 5.96. The summed E-state index contributed by atoms with van der Waals surface area (Å²) in [5.41, 5.74) is 0.210. The zero-order valence-electron chi connectivity index (χ0n) is 17.5. The van der Waals surface area contributed by atoms with Crippen molar-refractivity contribution in [1.29, 1.82) is 0 Å². The number of sulfonamides is 1. The van der Waals surface area contributed by atoms with Gasteiger partial charge in [-0.2, -0.15) is 0 Å². The van der Waals surface area contributed by atoms with Crippen molar-refractivity contribution in [3.05, 3.63) is 66.4 Å². The standard InChI is InChI=1S/C22H24FN3O4S/c1-22(2,3)26-31(28,29)19-7-5-4-6-17(19)25-20(27)12-13-21-24-14-18(30-21)15-8-10-16(23)11-9-15/h4-11,14,26H,12-13H2,1-3H3,(H,25,27). The zero-order chi connectivity index (χ0) is 22.6. The normalized spacial score (nSPS) is 12.0. The van der Waals surface area contributed by atoms with Crippen LogP contribution in [0.15, 0.2) is 64.0 Å². The van der Waals surface area contributed by atoms with E-state index in [-0.39, 0.29) is 35.1 Å². The van der Waals surface area contributed by atoms with E-state index in [0.717, 1.165) is 0 Å². The van der Waals surface area contributed by atoms with Crippen molar-refractivity contribution in [2.45, 2.75) is 44.0 Å². The maximum atomic E-state index is 13.0. The number of nitrogens with one attached hydrogen (secondary N) is 2. The van der Waals surface area contributed by atoms with Gasteiger partial charge in [-0.1, -0.05) is 12.1 Å². The van der Waals surface area contributed by atoms with E-state index >= 15 is 0 Å². The van der Waals surface area contributed by atoms with Gasteiger partial charge in [-0.3, -0.25) is 4.79 Å². The number of benzene rings is 2. The molecular weight excluding hydrogens is 421 g/mol. The van der Waals surface area contributed by atoms with Crippen LogP contribution in [0.25, 0.3) is 11.3 Å². The largest absolute Gasteiger partial charge is 0.441 e. The summed E-state index contributed by atoms with van der Waals surface area (Å²) >= 11 is 0. The van der Waals surface area contributed by atoms with E-state index in [1.165, 1.54) is 30.5 Å². The maximum absolute atomic E-state index is 13.0. The summed E-state index contributed by atoms with van der Waals surface area (Å²) in [5, 5.41) is 2.65. The van der Waals surface area contributed by atoms with Crippen molar-refractivity contribution in [2.24, 2.45) is 0 Å². The van der Waals surface area contributed by atoms with Crippen molar-refractivity contribution in [1.82, 2.24) is 9.71 Å². The topological polar surface area (TPSA) is 101 Å². The van der Waals surface area contributed by atoms with Crippen LogP contribution in [0.5, 0.6) is 0 Å². The van der Waals surface area contributed by atoms with Gasteiger partial charge in [0.15, 0.2) is 11.7 Å². The number of carbonyl (C=O) groups is 1. The summed E-state index contributed by atoms with van der Waals surface area (Å²) in [4.78, 5) is 16.6. The van der Waals surface area contributed by atoms with E-state index in [9.17, 15) is 17.6 Å². The Labute approximate surface area is 180 Å². The Balaban J connectivity index is 1.65. The highest BCUT2D eigenvalue weighted by atomic mass is 32.2. The average Bonchev–Trinajstić information content (AvgIpc) is 3.14. The van der Waals surface area contributed by atoms with Gasteiger partial charge in [-0.15, -0.1) is 0 Å². The number of hydrogen-bond donors (Lipinski definition) is 2. The van der Waals surface area contributed by atoms with E-state index < -0.39 is 15.6 Å². The maximum Gasteiger partial charge on any atom is 0.243 e. The summed E-state index contributed by atoms with van der Waals surface area (Å²) in [6.07, 6.45) is 1.78. The monoisotopic (exact) mass is 445 g/mol. The minimum absolute atomic E-state index is 0.00649. The molecule has 164 valence electrons. The van der Waals surface area contributed by atoms with Crippen molar-refractivity contribution >= 4 is 21.6 Å². The van der Waals surface area contributed by atoms with Gasteiger partial charge in [-0.25, -0.2) is 22.5 Å². The van der Waals surface area contributed by atoms with Gasteiger partial charge >= 0.3 is 0 Å². The lowest BCUT2D eigenvalue weighted by molar-refractivity contribution is -0.116. The molecule has 2 N–H and O–H groups in total. The Morgan fingerprint density at radius 1 is 1.10 bits per heavy atom. The van der Waals surface area contributed by atoms with Crippen LogP contribution in [0.4, 0.5) is 10.1 Å². The summed E-state index contributed by atoms with van der Waals surface area (Å²) in [6.45, 7) is 5.22. The van der Waals surface area contributed by atoms with Crippen LogP contribution < -0.4 is 10.0 Å². The zero-order valence-corrected chi connectivity index (χ0v) is 18.3. The molecule has 1 aromatic heterocycles. The molecule has 3 aromatic rings. The van der Waals surface area contributed by atoms with Gasteiger partial charge in [0.05, 0.1) is 11.9 Å². The highest BCUT2D eigenvalue weighted by molar-refractivity contribution is 7.89. The fourth-order valence-electron chi connectivity index (χ4n) is 2.87. The van der Waals surface area contributed by atoms with Crippen molar-refractivity contribution in [3.8, 4) is 11.3 Å². The number of amides is 1. The van der Waals surface area contributed by atoms with Gasteiger partial charge < -0.3 is 9.73 Å². The molecule has 31 heavy (non-hydrogen) atoms. The summed E-state index contributed by atoms with van der Waals surface area (Å²) in [5.74, 6) is 0.102. The number of oxazole rings is 1. The molecule has 0 radical (unpaired) electrons. The van der Waals surface area contributed by atoms with Gasteiger partial charge in [0.1, 0.15) is 10.7 Å². The number of hydrogen-bond acceptors (Lipinski definition) is 5. The Kier molecular flexibility index (Phi) is 6.56. The van der Waals surface area contributed by atoms with Crippen LogP contribution >= 0.6 is 0 Å². The van der Waals surface area contributed by atoms with E-state index in [1.807, 2.05) is 0 Å². The first kappa shape index (κ1) is 22.6. The number of carbonyl (C=O) groups excluding carboxylic acids is 1. The lowest BCUT2D eigenvalue weighted by Crippen LogP contribution is -2.40. The fourth-order valence-corrected chi connectivity index (χ4v) is 4.45. The molecule has 0 saturated carbocycles. The number of para-hydroxylation sites is 1. The van der Waals surface area contributed by atoms with E-state index in [1.54, 1.807) is 45.0 Å². The molecule has 7 nitrogen and oxygen atoms in total. The van der Waals surface area contributed by atoms with Crippen LogP contribution in [0.1, 0.15) is 33.1 Å². The van der Waals surface area contributed by atoms with Gasteiger partial charge in [0.25, 0.3) is 0 Å². The van der Waals surface area contributed by atoms with E-state index in [4.69, 9.17) is 4.42 Å². The predicted molar refractivity (Wildman–Crippen MR) is 115 cm³/mol. The highest BCUT2D eigenvalue weighted by Crippen LogP contribution is 2.24. The smallest absolute Gasteiger partial charge is 0.243 e. The van der Waals surface area contributed by atoms with Crippen LogP contribution in [0, 0.1) is 5.82 Å². The minimum Gasteiger partial charge on any atom is -0.441 e. The second kappa shape index (κ2) is 8.99. The van der Waals surface area contributed by atoms with Gasteiger partial charge in [0.2, 0.25) is 15.9 Å². The number of nitrogens with zero attached hydrogens (tertiary/aromatic N) is 1. The molecule has 0 bridgehead atoms. The lowest BCUT2D eigenvalue weighted by atomic mass is 10.1. The summed E-state index contributed by atoms with van der Waals surface area (Å²) in [7, 11) is -3.81. The third-order valence-electron chi connectivity index (χ3n) is 4.14. The molecule has 9 heteroatoms. The second-order valence-electron chi connectivity index (χ2n) is 8.02. The molecule has 1 heterocycles. The number of aryl methyl sites for hydroxylation is 1. The van der Waals surface area contributed by atoms with Crippen molar-refractivity contribution in [2.75, 3.05) is 5.32 Å². The predicted octanol–water partition coefficient (Wildman–Crippen LogP) is 4.13. The second-order valence-corrected chi connectivity index (χ2v) is 9.68.